The average molecular weight is 417 g/mol. The third-order valence-corrected chi connectivity index (χ3v) is 5.58. The van der Waals surface area contributed by atoms with Crippen molar-refractivity contribution in [3.63, 3.8) is 0 Å². The molecule has 0 fully saturated rings. The summed E-state index contributed by atoms with van der Waals surface area (Å²) < 4.78 is 0. The number of hydrogen-bond acceptors (Lipinski definition) is 3. The molecule has 176 valence electrons. The van der Waals surface area contributed by atoms with E-state index in [0.29, 0.717) is 18.8 Å². The number of aliphatic hydroxyl groups excluding tert-OH is 2. The van der Waals surface area contributed by atoms with Crippen molar-refractivity contribution in [3.05, 3.63) is 0 Å². The molecule has 0 aliphatic heterocycles. The van der Waals surface area contributed by atoms with Crippen LogP contribution in [-0.4, -0.2) is 34.0 Å². The van der Waals surface area contributed by atoms with E-state index in [9.17, 15) is 4.79 Å². The van der Waals surface area contributed by atoms with Crippen LogP contribution in [0.2, 0.25) is 0 Å². The lowest BCUT2D eigenvalue weighted by atomic mass is 9.91. The van der Waals surface area contributed by atoms with Crippen molar-refractivity contribution in [1.82, 2.24) is 0 Å². The summed E-state index contributed by atoms with van der Waals surface area (Å²) in [7, 11) is 0. The number of rotatable bonds is 20. The highest BCUT2D eigenvalue weighted by Crippen LogP contribution is 2.22. The summed E-state index contributed by atoms with van der Waals surface area (Å²) in [5.41, 5.74) is 0. The normalized spacial score (nSPS) is 12.9. The molecule has 0 aromatic rings. The summed E-state index contributed by atoms with van der Waals surface area (Å²) in [6.07, 6.45) is 21.2. The molecule has 4 nitrogen and oxygen atoms in total. The second-order valence-electron chi connectivity index (χ2n) is 8.53. The van der Waals surface area contributed by atoms with Crippen molar-refractivity contribution >= 4 is 5.97 Å². The Hall–Kier alpha value is -0.610. The molecule has 2 unspecified atom stereocenters. The van der Waals surface area contributed by atoms with Crippen molar-refractivity contribution in [2.24, 2.45) is 5.92 Å². The SMILES string of the molecule is CCC(O)CO.CCCCCCCCCCC(CCCCCCCC)CC(=O)O. The second kappa shape index (κ2) is 25.4. The van der Waals surface area contributed by atoms with Crippen LogP contribution in [0, 0.1) is 5.92 Å². The van der Waals surface area contributed by atoms with Gasteiger partial charge in [0.25, 0.3) is 0 Å². The van der Waals surface area contributed by atoms with Crippen LogP contribution in [0.1, 0.15) is 136 Å². The Balaban J connectivity index is 0. The van der Waals surface area contributed by atoms with Crippen LogP contribution in [0.3, 0.4) is 0 Å². The summed E-state index contributed by atoms with van der Waals surface area (Å²) in [6, 6.07) is 0. The molecule has 0 rings (SSSR count). The predicted octanol–water partition coefficient (Wildman–Crippen LogP) is 7.11. The summed E-state index contributed by atoms with van der Waals surface area (Å²) in [6.45, 7) is 6.20. The minimum atomic E-state index is -0.611. The highest BCUT2D eigenvalue weighted by Gasteiger charge is 2.12. The Bertz CT molecular complexity index is 316. The third kappa shape index (κ3) is 27.4. The summed E-state index contributed by atoms with van der Waals surface area (Å²) >= 11 is 0. The number of unbranched alkanes of at least 4 members (excludes halogenated alkanes) is 12. The Morgan fingerprint density at radius 3 is 1.34 bits per heavy atom. The lowest BCUT2D eigenvalue weighted by Gasteiger charge is -2.14. The molecular weight excluding hydrogens is 364 g/mol. The summed E-state index contributed by atoms with van der Waals surface area (Å²) in [5.74, 6) is -0.195. The van der Waals surface area contributed by atoms with Gasteiger partial charge in [-0.15, -0.1) is 0 Å². The van der Waals surface area contributed by atoms with E-state index in [1.54, 1.807) is 0 Å². The van der Waals surface area contributed by atoms with Crippen LogP contribution in [0.5, 0.6) is 0 Å². The van der Waals surface area contributed by atoms with E-state index < -0.39 is 12.1 Å². The predicted molar refractivity (Wildman–Crippen MR) is 124 cm³/mol. The molecule has 0 aromatic carbocycles. The molecule has 0 aromatic heterocycles. The van der Waals surface area contributed by atoms with Gasteiger partial charge < -0.3 is 15.3 Å². The monoisotopic (exact) mass is 416 g/mol. The minimum Gasteiger partial charge on any atom is -0.481 e. The number of hydrogen-bond donors (Lipinski definition) is 3. The zero-order valence-electron chi connectivity index (χ0n) is 19.8. The Morgan fingerprint density at radius 2 is 1.07 bits per heavy atom. The standard InChI is InChI=1S/C21H42O2.C4H10O2/c1-3-5-7-9-11-12-14-16-18-20(19-21(22)23)17-15-13-10-8-6-4-2;1-2-4(6)3-5/h20H,3-19H2,1-2H3,(H,22,23);4-6H,2-3H2,1H3. The molecule has 0 radical (unpaired) electrons. The third-order valence-electron chi connectivity index (χ3n) is 5.58. The molecule has 0 aliphatic carbocycles. The molecule has 4 heteroatoms. The fourth-order valence-electron chi connectivity index (χ4n) is 3.50. The van der Waals surface area contributed by atoms with Crippen LogP contribution in [0.15, 0.2) is 0 Å². The molecule has 0 spiro atoms. The highest BCUT2D eigenvalue weighted by molar-refractivity contribution is 5.66. The van der Waals surface area contributed by atoms with Crippen molar-refractivity contribution in [2.75, 3.05) is 6.61 Å². The van der Waals surface area contributed by atoms with Gasteiger partial charge in [-0.1, -0.05) is 111 Å². The van der Waals surface area contributed by atoms with Crippen molar-refractivity contribution in [2.45, 2.75) is 142 Å². The smallest absolute Gasteiger partial charge is 0.303 e. The first-order chi connectivity index (χ1) is 14.0. The number of carboxylic acids is 1. The first kappa shape index (κ1) is 30.6. The quantitative estimate of drug-likeness (QED) is 0.185. The van der Waals surface area contributed by atoms with Gasteiger partial charge in [-0.3, -0.25) is 4.79 Å². The molecule has 0 bridgehead atoms. The molecule has 0 saturated carbocycles. The van der Waals surface area contributed by atoms with Gasteiger partial charge in [0.1, 0.15) is 0 Å². The number of carbonyl (C=O) groups is 1. The Labute approximate surface area is 181 Å². The lowest BCUT2D eigenvalue weighted by Crippen LogP contribution is -2.08. The van der Waals surface area contributed by atoms with Gasteiger partial charge in [0, 0.05) is 6.42 Å². The van der Waals surface area contributed by atoms with E-state index in [2.05, 4.69) is 13.8 Å². The van der Waals surface area contributed by atoms with Crippen molar-refractivity contribution in [1.29, 1.82) is 0 Å². The summed E-state index contributed by atoms with van der Waals surface area (Å²) in [4.78, 5) is 11.0. The largest absolute Gasteiger partial charge is 0.481 e. The van der Waals surface area contributed by atoms with Crippen LogP contribution >= 0.6 is 0 Å². The van der Waals surface area contributed by atoms with Crippen LogP contribution in [-0.2, 0) is 4.79 Å². The van der Waals surface area contributed by atoms with E-state index in [4.69, 9.17) is 15.3 Å². The molecule has 29 heavy (non-hydrogen) atoms. The van der Waals surface area contributed by atoms with Crippen LogP contribution in [0.4, 0.5) is 0 Å². The van der Waals surface area contributed by atoms with Crippen LogP contribution in [0.25, 0.3) is 0 Å². The van der Waals surface area contributed by atoms with E-state index >= 15 is 0 Å². The molecule has 0 aliphatic rings. The highest BCUT2D eigenvalue weighted by atomic mass is 16.4. The number of aliphatic hydroxyl groups is 2. The van der Waals surface area contributed by atoms with Gasteiger partial charge in [-0.25, -0.2) is 0 Å². The first-order valence-electron chi connectivity index (χ1n) is 12.5. The molecule has 3 N–H and O–H groups in total. The van der Waals surface area contributed by atoms with E-state index in [1.165, 1.54) is 89.9 Å². The zero-order valence-corrected chi connectivity index (χ0v) is 19.8. The van der Waals surface area contributed by atoms with Crippen molar-refractivity contribution < 1.29 is 20.1 Å². The van der Waals surface area contributed by atoms with E-state index in [0.717, 1.165) is 12.8 Å². The molecule has 0 amide bonds. The van der Waals surface area contributed by atoms with Gasteiger partial charge in [-0.2, -0.15) is 0 Å². The van der Waals surface area contributed by atoms with Gasteiger partial charge in [0.2, 0.25) is 0 Å². The Kier molecular flexibility index (Phi) is 26.8. The average Bonchev–Trinajstić information content (AvgIpc) is 2.71. The van der Waals surface area contributed by atoms with Gasteiger partial charge in [0.15, 0.2) is 0 Å². The Morgan fingerprint density at radius 1 is 0.690 bits per heavy atom. The first-order valence-corrected chi connectivity index (χ1v) is 12.5. The maximum absolute atomic E-state index is 11.0. The zero-order chi connectivity index (χ0) is 22.2. The second-order valence-corrected chi connectivity index (χ2v) is 8.53. The lowest BCUT2D eigenvalue weighted by molar-refractivity contribution is -0.138. The molecular formula is C25H52O4. The fraction of sp³-hybridized carbons (Fsp3) is 0.960. The van der Waals surface area contributed by atoms with Gasteiger partial charge in [0.05, 0.1) is 12.7 Å². The van der Waals surface area contributed by atoms with Crippen molar-refractivity contribution in [3.8, 4) is 0 Å². The molecule has 2 atom stereocenters. The maximum atomic E-state index is 11.0. The number of carboxylic acid groups (broad SMARTS) is 1. The number of aliphatic carboxylic acids is 1. The topological polar surface area (TPSA) is 77.8 Å². The van der Waals surface area contributed by atoms with Crippen LogP contribution < -0.4 is 0 Å². The van der Waals surface area contributed by atoms with Gasteiger partial charge in [-0.05, 0) is 25.2 Å². The fourth-order valence-corrected chi connectivity index (χ4v) is 3.50. The van der Waals surface area contributed by atoms with E-state index in [1.807, 2.05) is 6.92 Å². The van der Waals surface area contributed by atoms with E-state index in [-0.39, 0.29) is 6.61 Å². The minimum absolute atomic E-state index is 0.115. The molecule has 0 heterocycles. The summed E-state index contributed by atoms with van der Waals surface area (Å²) in [5, 5.41) is 25.6. The van der Waals surface area contributed by atoms with Gasteiger partial charge >= 0.3 is 5.97 Å². The maximum Gasteiger partial charge on any atom is 0.303 e. The molecule has 0 saturated heterocycles.